The third-order valence-corrected chi connectivity index (χ3v) is 3.14. The summed E-state index contributed by atoms with van der Waals surface area (Å²) in [4.78, 5) is 29.8. The van der Waals surface area contributed by atoms with Crippen LogP contribution in [0, 0.1) is 0 Å². The predicted molar refractivity (Wildman–Crippen MR) is 70.7 cm³/mol. The van der Waals surface area contributed by atoms with Crippen LogP contribution in [0.4, 0.5) is 0 Å². The van der Waals surface area contributed by atoms with Crippen molar-refractivity contribution in [2.24, 2.45) is 0 Å². The summed E-state index contributed by atoms with van der Waals surface area (Å²) in [6.45, 7) is 0.321. The van der Waals surface area contributed by atoms with Gasteiger partial charge in [0.05, 0.1) is 12.1 Å². The van der Waals surface area contributed by atoms with Crippen LogP contribution in [0.2, 0.25) is 0 Å². The molecular formula is C12H11N3O3S. The van der Waals surface area contributed by atoms with Gasteiger partial charge in [0.2, 0.25) is 0 Å². The second-order valence-electron chi connectivity index (χ2n) is 3.63. The van der Waals surface area contributed by atoms with Crippen LogP contribution in [-0.4, -0.2) is 27.0 Å². The summed E-state index contributed by atoms with van der Waals surface area (Å²) in [5.74, 6) is -0.561. The fraction of sp³-hybridized carbons (Fsp3) is 0.0833. The van der Waals surface area contributed by atoms with Crippen molar-refractivity contribution in [3.05, 3.63) is 46.2 Å². The van der Waals surface area contributed by atoms with E-state index in [1.165, 1.54) is 17.4 Å². The number of imidazole rings is 1. The molecule has 2 rings (SSSR count). The molecular weight excluding hydrogens is 266 g/mol. The summed E-state index contributed by atoms with van der Waals surface area (Å²) < 4.78 is 0. The van der Waals surface area contributed by atoms with Crippen molar-refractivity contribution < 1.29 is 14.7 Å². The number of aliphatic carboxylic acids is 1. The number of hydrogen-bond acceptors (Lipinski definition) is 4. The summed E-state index contributed by atoms with van der Waals surface area (Å²) in [5, 5.41) is 12.9. The molecule has 6 nitrogen and oxygen atoms in total. The summed E-state index contributed by atoms with van der Waals surface area (Å²) in [5.41, 5.74) is 0.501. The molecule has 0 aliphatic rings. The lowest BCUT2D eigenvalue weighted by Gasteiger charge is -2.00. The minimum absolute atomic E-state index is 0.220. The van der Waals surface area contributed by atoms with E-state index in [0.29, 0.717) is 22.8 Å². The zero-order chi connectivity index (χ0) is 13.7. The van der Waals surface area contributed by atoms with Crippen LogP contribution in [0.5, 0.6) is 0 Å². The van der Waals surface area contributed by atoms with Crippen LogP contribution in [0.3, 0.4) is 0 Å². The molecule has 2 aromatic rings. The van der Waals surface area contributed by atoms with Gasteiger partial charge in [-0.25, -0.2) is 9.78 Å². The number of carboxylic acids is 1. The Balaban J connectivity index is 1.94. The Labute approximate surface area is 112 Å². The molecule has 0 aromatic carbocycles. The molecule has 0 aliphatic carbocycles. The van der Waals surface area contributed by atoms with Gasteiger partial charge in [0.25, 0.3) is 5.91 Å². The van der Waals surface area contributed by atoms with Crippen molar-refractivity contribution in [2.45, 2.75) is 6.54 Å². The molecule has 0 fully saturated rings. The summed E-state index contributed by atoms with van der Waals surface area (Å²) >= 11 is 1.31. The third kappa shape index (κ3) is 3.78. The number of carboxylic acid groups (broad SMARTS) is 1. The Hall–Kier alpha value is -2.41. The van der Waals surface area contributed by atoms with Crippen molar-refractivity contribution in [2.75, 3.05) is 0 Å². The van der Waals surface area contributed by atoms with Crippen LogP contribution < -0.4 is 5.32 Å². The molecule has 2 aromatic heterocycles. The largest absolute Gasteiger partial charge is 0.478 e. The number of nitrogens with zero attached hydrogens (tertiary/aromatic N) is 1. The monoisotopic (exact) mass is 277 g/mol. The number of carbonyl (C=O) groups is 2. The van der Waals surface area contributed by atoms with Crippen LogP contribution in [0.25, 0.3) is 6.08 Å². The van der Waals surface area contributed by atoms with Crippen LogP contribution in [0.1, 0.15) is 21.1 Å². The van der Waals surface area contributed by atoms with E-state index in [2.05, 4.69) is 15.3 Å². The van der Waals surface area contributed by atoms with E-state index in [0.717, 1.165) is 6.08 Å². The molecule has 0 saturated carbocycles. The maximum atomic E-state index is 11.8. The molecule has 0 atom stereocenters. The van der Waals surface area contributed by atoms with Crippen molar-refractivity contribution in [1.82, 2.24) is 15.3 Å². The van der Waals surface area contributed by atoms with Crippen molar-refractivity contribution in [3.8, 4) is 0 Å². The number of aromatic nitrogens is 2. The number of H-pyrrole nitrogens is 1. The molecule has 0 unspecified atom stereocenters. The number of amides is 1. The maximum absolute atomic E-state index is 11.8. The number of rotatable bonds is 5. The number of hydrogen-bond donors (Lipinski definition) is 3. The highest BCUT2D eigenvalue weighted by molar-refractivity contribution is 7.11. The summed E-state index contributed by atoms with van der Waals surface area (Å²) in [7, 11) is 0. The average Bonchev–Trinajstić information content (AvgIpc) is 3.04. The molecule has 0 saturated heterocycles. The second kappa shape index (κ2) is 5.96. The highest BCUT2D eigenvalue weighted by Crippen LogP contribution is 2.16. The molecule has 7 heteroatoms. The van der Waals surface area contributed by atoms with Crippen LogP contribution in [-0.2, 0) is 11.3 Å². The van der Waals surface area contributed by atoms with E-state index in [4.69, 9.17) is 5.11 Å². The summed E-state index contributed by atoms with van der Waals surface area (Å²) in [6.07, 6.45) is 5.79. The zero-order valence-corrected chi connectivity index (χ0v) is 10.6. The number of thiophene rings is 1. The molecule has 0 bridgehead atoms. The van der Waals surface area contributed by atoms with Gasteiger partial charge in [0.1, 0.15) is 5.82 Å². The van der Waals surface area contributed by atoms with Crippen molar-refractivity contribution in [1.29, 1.82) is 0 Å². The van der Waals surface area contributed by atoms with E-state index in [9.17, 15) is 9.59 Å². The molecule has 19 heavy (non-hydrogen) atoms. The Kier molecular flexibility index (Phi) is 4.09. The Bertz CT molecular complexity index is 602. The lowest BCUT2D eigenvalue weighted by atomic mass is 10.3. The van der Waals surface area contributed by atoms with E-state index < -0.39 is 5.97 Å². The topological polar surface area (TPSA) is 95.1 Å². The number of carbonyl (C=O) groups excluding carboxylic acids is 1. The van der Waals surface area contributed by atoms with Gasteiger partial charge in [0, 0.05) is 28.7 Å². The van der Waals surface area contributed by atoms with E-state index >= 15 is 0 Å². The molecule has 2 heterocycles. The van der Waals surface area contributed by atoms with Crippen molar-refractivity contribution in [3.63, 3.8) is 0 Å². The highest BCUT2D eigenvalue weighted by atomic mass is 32.1. The quantitative estimate of drug-likeness (QED) is 0.722. The zero-order valence-electron chi connectivity index (χ0n) is 9.79. The first-order valence-corrected chi connectivity index (χ1v) is 6.29. The van der Waals surface area contributed by atoms with Gasteiger partial charge in [-0.3, -0.25) is 4.79 Å². The Morgan fingerprint density at radius 3 is 3.05 bits per heavy atom. The molecule has 0 radical (unpaired) electrons. The highest BCUT2D eigenvalue weighted by Gasteiger charge is 2.08. The SMILES string of the molecule is O=C(O)C=Cc1cc(C(=O)NCc2ncc[nH]2)cs1. The van der Waals surface area contributed by atoms with Gasteiger partial charge in [-0.2, -0.15) is 0 Å². The predicted octanol–water partition coefficient (Wildman–Crippen LogP) is 1.50. The smallest absolute Gasteiger partial charge is 0.328 e. The third-order valence-electron chi connectivity index (χ3n) is 2.24. The molecule has 0 spiro atoms. The van der Waals surface area contributed by atoms with E-state index in [1.807, 2.05) is 0 Å². The van der Waals surface area contributed by atoms with Gasteiger partial charge in [-0.1, -0.05) is 0 Å². The minimum atomic E-state index is -1.02. The number of aromatic amines is 1. The van der Waals surface area contributed by atoms with Gasteiger partial charge >= 0.3 is 5.97 Å². The standard InChI is InChI=1S/C12H11N3O3S/c16-11(17)2-1-9-5-8(7-19-9)12(18)15-6-10-13-3-4-14-10/h1-5,7H,6H2,(H,13,14)(H,15,18)(H,16,17). The van der Waals surface area contributed by atoms with Gasteiger partial charge in [0.15, 0.2) is 0 Å². The van der Waals surface area contributed by atoms with Crippen LogP contribution in [0.15, 0.2) is 29.9 Å². The maximum Gasteiger partial charge on any atom is 0.328 e. The fourth-order valence-corrected chi connectivity index (χ4v) is 2.15. The first kappa shape index (κ1) is 13.0. The van der Waals surface area contributed by atoms with E-state index in [1.54, 1.807) is 23.8 Å². The first-order chi connectivity index (χ1) is 9.15. The van der Waals surface area contributed by atoms with Gasteiger partial charge in [-0.15, -0.1) is 11.3 Å². The number of nitrogens with one attached hydrogen (secondary N) is 2. The molecule has 3 N–H and O–H groups in total. The first-order valence-electron chi connectivity index (χ1n) is 5.41. The summed E-state index contributed by atoms with van der Waals surface area (Å²) in [6, 6.07) is 1.64. The normalized spacial score (nSPS) is 10.7. The average molecular weight is 277 g/mol. The minimum Gasteiger partial charge on any atom is -0.478 e. The van der Waals surface area contributed by atoms with Gasteiger partial charge < -0.3 is 15.4 Å². The Morgan fingerprint density at radius 1 is 1.53 bits per heavy atom. The van der Waals surface area contributed by atoms with E-state index in [-0.39, 0.29) is 5.91 Å². The molecule has 0 aliphatic heterocycles. The Morgan fingerprint density at radius 2 is 2.37 bits per heavy atom. The second-order valence-corrected chi connectivity index (χ2v) is 4.57. The lowest BCUT2D eigenvalue weighted by Crippen LogP contribution is -2.22. The fourth-order valence-electron chi connectivity index (χ4n) is 1.37. The molecule has 1 amide bonds. The molecule has 98 valence electrons. The van der Waals surface area contributed by atoms with Crippen molar-refractivity contribution >= 4 is 29.3 Å². The lowest BCUT2D eigenvalue weighted by molar-refractivity contribution is -0.131. The van der Waals surface area contributed by atoms with Crippen LogP contribution >= 0.6 is 11.3 Å². The van der Waals surface area contributed by atoms with Gasteiger partial charge in [-0.05, 0) is 12.1 Å².